The molecule has 8 atom stereocenters. The fourth-order valence-corrected chi connectivity index (χ4v) is 5.47. The highest BCUT2D eigenvalue weighted by atomic mass is 32.2. The van der Waals surface area contributed by atoms with Crippen LogP contribution in [0.4, 0.5) is 0 Å². The molecule has 0 saturated carbocycles. The molecule has 0 bridgehead atoms. The number of nitrogens with two attached hydrogens (primary N) is 1. The maximum absolute atomic E-state index is 13.3. The second-order valence-electron chi connectivity index (χ2n) is 9.46. The normalized spacial score (nSPS) is 34.6. The van der Waals surface area contributed by atoms with Gasteiger partial charge in [0.15, 0.2) is 0 Å². The summed E-state index contributed by atoms with van der Waals surface area (Å²) < 4.78 is 5.90. The van der Waals surface area contributed by atoms with Crippen LogP contribution in [0.5, 0.6) is 0 Å². The number of ether oxygens (including phenoxy) is 1. The minimum Gasteiger partial charge on any atom is -0.388 e. The Balaban J connectivity index is 2.13. The number of amides is 2. The number of carbonyl (C=O) groups excluding carboxylic acids is 2. The van der Waals surface area contributed by atoms with Crippen molar-refractivity contribution < 1.29 is 29.6 Å². The Morgan fingerprint density at radius 1 is 1.19 bits per heavy atom. The SMILES string of the molecule is CCCCC[C@@H]1C[C@@H](C(=O)N[C@H](C(C)C)C2O[C@H](SC)[C@H](O)[C@@H](O)[C@H]2O)N(CC(N)=O)C1. The lowest BCUT2D eigenvalue weighted by atomic mass is 9.88. The lowest BCUT2D eigenvalue weighted by molar-refractivity contribution is -0.208. The number of aliphatic hydroxyl groups is 3. The molecule has 32 heavy (non-hydrogen) atoms. The van der Waals surface area contributed by atoms with Crippen LogP contribution >= 0.6 is 11.8 Å². The van der Waals surface area contributed by atoms with E-state index in [0.717, 1.165) is 25.7 Å². The second-order valence-corrected chi connectivity index (χ2v) is 10.4. The zero-order valence-corrected chi connectivity index (χ0v) is 20.5. The molecule has 0 aliphatic carbocycles. The van der Waals surface area contributed by atoms with Gasteiger partial charge in [0.2, 0.25) is 11.8 Å². The zero-order valence-electron chi connectivity index (χ0n) is 19.6. The number of hydrogen-bond donors (Lipinski definition) is 5. The predicted octanol–water partition coefficient (Wildman–Crippen LogP) is 0.0539. The minimum absolute atomic E-state index is 0.0245. The van der Waals surface area contributed by atoms with Gasteiger partial charge in [-0.05, 0) is 30.9 Å². The van der Waals surface area contributed by atoms with Crippen LogP contribution in [0.2, 0.25) is 0 Å². The lowest BCUT2D eigenvalue weighted by Gasteiger charge is -2.44. The highest BCUT2D eigenvalue weighted by molar-refractivity contribution is 7.99. The molecular formula is C22H41N3O6S. The Hall–Kier alpha value is -0.910. The van der Waals surface area contributed by atoms with Crippen LogP contribution in [0, 0.1) is 11.8 Å². The van der Waals surface area contributed by atoms with Crippen molar-refractivity contribution in [3.05, 3.63) is 0 Å². The highest BCUT2D eigenvalue weighted by Crippen LogP contribution is 2.31. The fraction of sp³-hybridized carbons (Fsp3) is 0.909. The van der Waals surface area contributed by atoms with Crippen LogP contribution in [0.15, 0.2) is 0 Å². The van der Waals surface area contributed by atoms with Crippen molar-refractivity contribution in [2.45, 2.75) is 94.8 Å². The van der Waals surface area contributed by atoms with E-state index in [1.165, 1.54) is 11.8 Å². The molecule has 0 aromatic heterocycles. The Bertz CT molecular complexity index is 622. The number of rotatable bonds is 11. The first-order valence-electron chi connectivity index (χ1n) is 11.7. The summed E-state index contributed by atoms with van der Waals surface area (Å²) in [6.45, 7) is 6.62. The van der Waals surface area contributed by atoms with E-state index in [0.29, 0.717) is 18.9 Å². The molecule has 0 spiro atoms. The van der Waals surface area contributed by atoms with Gasteiger partial charge in [0, 0.05) is 6.54 Å². The molecule has 10 heteroatoms. The number of thioether (sulfide) groups is 1. The molecule has 1 unspecified atom stereocenters. The number of hydrogen-bond acceptors (Lipinski definition) is 8. The maximum atomic E-state index is 13.3. The molecule has 0 radical (unpaired) electrons. The molecule has 0 aromatic carbocycles. The van der Waals surface area contributed by atoms with E-state index in [1.54, 1.807) is 6.26 Å². The summed E-state index contributed by atoms with van der Waals surface area (Å²) in [5.74, 6) is -0.484. The van der Waals surface area contributed by atoms with Crippen LogP contribution in [0.25, 0.3) is 0 Å². The summed E-state index contributed by atoms with van der Waals surface area (Å²) in [5.41, 5.74) is 4.72. The van der Waals surface area contributed by atoms with Gasteiger partial charge in [-0.1, -0.05) is 40.0 Å². The van der Waals surface area contributed by atoms with E-state index < -0.39 is 47.8 Å². The largest absolute Gasteiger partial charge is 0.388 e. The number of nitrogens with zero attached hydrogens (tertiary/aromatic N) is 1. The van der Waals surface area contributed by atoms with Gasteiger partial charge in [-0.25, -0.2) is 0 Å². The second kappa shape index (κ2) is 12.5. The van der Waals surface area contributed by atoms with Crippen LogP contribution in [0.1, 0.15) is 52.9 Å². The molecule has 2 aliphatic rings. The molecule has 2 saturated heterocycles. The Kier molecular flexibility index (Phi) is 10.7. The number of primary amides is 1. The average Bonchev–Trinajstić information content (AvgIpc) is 3.12. The van der Waals surface area contributed by atoms with E-state index in [9.17, 15) is 24.9 Å². The molecule has 9 nitrogen and oxygen atoms in total. The van der Waals surface area contributed by atoms with E-state index in [4.69, 9.17) is 10.5 Å². The van der Waals surface area contributed by atoms with E-state index in [1.807, 2.05) is 18.7 Å². The number of aliphatic hydroxyl groups excluding tert-OH is 3. The summed E-state index contributed by atoms with van der Waals surface area (Å²) in [6.07, 6.45) is 1.95. The van der Waals surface area contributed by atoms with Gasteiger partial charge in [0.05, 0.1) is 18.6 Å². The first-order chi connectivity index (χ1) is 15.1. The topological polar surface area (TPSA) is 145 Å². The maximum Gasteiger partial charge on any atom is 0.237 e. The summed E-state index contributed by atoms with van der Waals surface area (Å²) in [6, 6.07) is -1.06. The molecule has 2 rings (SSSR count). The van der Waals surface area contributed by atoms with Crippen molar-refractivity contribution >= 4 is 23.6 Å². The first-order valence-corrected chi connectivity index (χ1v) is 12.9. The molecular weight excluding hydrogens is 434 g/mol. The fourth-order valence-electron chi connectivity index (χ4n) is 4.79. The summed E-state index contributed by atoms with van der Waals surface area (Å²) in [4.78, 5) is 26.7. The molecule has 186 valence electrons. The monoisotopic (exact) mass is 475 g/mol. The van der Waals surface area contributed by atoms with E-state index in [2.05, 4.69) is 12.2 Å². The van der Waals surface area contributed by atoms with Crippen molar-refractivity contribution in [2.75, 3.05) is 19.3 Å². The van der Waals surface area contributed by atoms with Gasteiger partial charge in [-0.3, -0.25) is 14.5 Å². The smallest absolute Gasteiger partial charge is 0.237 e. The van der Waals surface area contributed by atoms with Crippen molar-refractivity contribution in [2.24, 2.45) is 17.6 Å². The first kappa shape index (κ1) is 27.3. The Morgan fingerprint density at radius 2 is 1.88 bits per heavy atom. The number of unbranched alkanes of at least 4 members (excludes halogenated alkanes) is 2. The molecule has 6 N–H and O–H groups in total. The van der Waals surface area contributed by atoms with Gasteiger partial charge in [-0.15, -0.1) is 11.8 Å². The van der Waals surface area contributed by atoms with Gasteiger partial charge < -0.3 is 31.1 Å². The standard InChI is InChI=1S/C22H41N3O6S/c1-5-6-7-8-13-9-14(25(10-13)11-15(23)26)21(30)24-16(12(2)3)20-18(28)17(27)19(29)22(31-20)32-4/h12-14,16-20,22,27-29H,5-11H2,1-4H3,(H2,23,26)(H,24,30)/t13-,14+,16-,17+,18-,19-,20?,22-/m1/s1. The Morgan fingerprint density at radius 3 is 2.44 bits per heavy atom. The predicted molar refractivity (Wildman–Crippen MR) is 124 cm³/mol. The van der Waals surface area contributed by atoms with Crippen LogP contribution in [-0.4, -0.2) is 93.3 Å². The third-order valence-electron chi connectivity index (χ3n) is 6.59. The summed E-state index contributed by atoms with van der Waals surface area (Å²) in [7, 11) is 0. The third kappa shape index (κ3) is 6.80. The molecule has 2 aliphatic heterocycles. The third-order valence-corrected chi connectivity index (χ3v) is 7.44. The van der Waals surface area contributed by atoms with Crippen molar-refractivity contribution in [3.8, 4) is 0 Å². The van der Waals surface area contributed by atoms with E-state index >= 15 is 0 Å². The zero-order chi connectivity index (χ0) is 24.0. The Labute approximate surface area is 195 Å². The molecule has 2 amide bonds. The quantitative estimate of drug-likeness (QED) is 0.264. The van der Waals surface area contributed by atoms with Crippen LogP contribution < -0.4 is 11.1 Å². The average molecular weight is 476 g/mol. The van der Waals surface area contributed by atoms with E-state index in [-0.39, 0.29) is 18.4 Å². The number of nitrogens with one attached hydrogen (secondary N) is 1. The van der Waals surface area contributed by atoms with Gasteiger partial charge in [0.25, 0.3) is 0 Å². The van der Waals surface area contributed by atoms with Gasteiger partial charge in [0.1, 0.15) is 29.9 Å². The lowest BCUT2D eigenvalue weighted by Crippen LogP contribution is -2.64. The van der Waals surface area contributed by atoms with Crippen LogP contribution in [-0.2, 0) is 14.3 Å². The van der Waals surface area contributed by atoms with Crippen molar-refractivity contribution in [1.82, 2.24) is 10.2 Å². The molecule has 0 aromatic rings. The highest BCUT2D eigenvalue weighted by Gasteiger charge is 2.48. The number of carbonyl (C=O) groups is 2. The molecule has 2 heterocycles. The molecule has 2 fully saturated rings. The number of likely N-dealkylation sites (tertiary alicyclic amines) is 1. The van der Waals surface area contributed by atoms with Crippen LogP contribution in [0.3, 0.4) is 0 Å². The van der Waals surface area contributed by atoms with Gasteiger partial charge >= 0.3 is 0 Å². The minimum atomic E-state index is -1.37. The summed E-state index contributed by atoms with van der Waals surface area (Å²) >= 11 is 1.24. The summed E-state index contributed by atoms with van der Waals surface area (Å²) in [5, 5.41) is 34.0. The van der Waals surface area contributed by atoms with Crippen molar-refractivity contribution in [1.29, 1.82) is 0 Å². The van der Waals surface area contributed by atoms with Gasteiger partial charge in [-0.2, -0.15) is 0 Å². The van der Waals surface area contributed by atoms with Crippen molar-refractivity contribution in [3.63, 3.8) is 0 Å².